The van der Waals surface area contributed by atoms with Gasteiger partial charge >= 0.3 is 0 Å². The number of benzene rings is 1. The van der Waals surface area contributed by atoms with Crippen molar-refractivity contribution in [2.75, 3.05) is 6.26 Å². The minimum atomic E-state index is -3.09. The molecule has 0 amide bonds. The summed E-state index contributed by atoms with van der Waals surface area (Å²) in [7, 11) is -3.09. The van der Waals surface area contributed by atoms with Crippen molar-refractivity contribution in [2.24, 2.45) is 0 Å². The Labute approximate surface area is 80.7 Å². The first-order valence-electron chi connectivity index (χ1n) is 3.75. The van der Waals surface area contributed by atoms with Crippen LogP contribution in [-0.4, -0.2) is 14.7 Å². The molecule has 68 valence electrons. The molecular formula is C9H8O2S2. The molecule has 2 aromatic rings. The maximum atomic E-state index is 11.4. The van der Waals surface area contributed by atoms with Crippen LogP contribution in [0.1, 0.15) is 0 Å². The van der Waals surface area contributed by atoms with E-state index in [9.17, 15) is 8.42 Å². The average Bonchev–Trinajstić information content (AvgIpc) is 2.48. The van der Waals surface area contributed by atoms with Crippen LogP contribution in [0.2, 0.25) is 0 Å². The van der Waals surface area contributed by atoms with Crippen molar-refractivity contribution < 1.29 is 8.42 Å². The smallest absolute Gasteiger partial charge is 0.176 e. The fraction of sp³-hybridized carbons (Fsp3) is 0.111. The van der Waals surface area contributed by atoms with E-state index in [1.165, 1.54) is 17.6 Å². The van der Waals surface area contributed by atoms with Crippen LogP contribution in [0.15, 0.2) is 34.5 Å². The molecule has 0 fully saturated rings. The topological polar surface area (TPSA) is 34.1 Å². The van der Waals surface area contributed by atoms with Crippen molar-refractivity contribution >= 4 is 31.3 Å². The molecule has 1 aromatic heterocycles. The van der Waals surface area contributed by atoms with E-state index in [2.05, 4.69) is 0 Å². The third-order valence-electron chi connectivity index (χ3n) is 1.84. The van der Waals surface area contributed by atoms with Crippen LogP contribution in [0.5, 0.6) is 0 Å². The van der Waals surface area contributed by atoms with Gasteiger partial charge in [-0.15, -0.1) is 11.3 Å². The van der Waals surface area contributed by atoms with E-state index in [1.807, 2.05) is 17.5 Å². The Hall–Kier alpha value is -0.870. The molecule has 0 aliphatic heterocycles. The molecule has 0 aliphatic carbocycles. The van der Waals surface area contributed by atoms with Crippen LogP contribution >= 0.6 is 11.3 Å². The Morgan fingerprint density at radius 3 is 2.69 bits per heavy atom. The van der Waals surface area contributed by atoms with Gasteiger partial charge in [0.05, 0.1) is 9.60 Å². The molecule has 0 unspecified atom stereocenters. The normalized spacial score (nSPS) is 12.1. The van der Waals surface area contributed by atoms with E-state index < -0.39 is 9.84 Å². The standard InChI is InChI=1S/C9H8O2S2/c1-13(10,11)8-4-2-3-7-5-6-12-9(7)8/h2-6H,1H3. The Morgan fingerprint density at radius 1 is 1.23 bits per heavy atom. The molecule has 0 atom stereocenters. The van der Waals surface area contributed by atoms with Crippen molar-refractivity contribution in [2.45, 2.75) is 4.90 Å². The molecule has 1 heterocycles. The highest BCUT2D eigenvalue weighted by Crippen LogP contribution is 2.27. The van der Waals surface area contributed by atoms with Crippen LogP contribution in [0.4, 0.5) is 0 Å². The molecule has 0 spiro atoms. The van der Waals surface area contributed by atoms with Gasteiger partial charge in [0, 0.05) is 6.26 Å². The first-order chi connectivity index (χ1) is 6.09. The lowest BCUT2D eigenvalue weighted by Crippen LogP contribution is -1.96. The summed E-state index contributed by atoms with van der Waals surface area (Å²) in [5.41, 5.74) is 0. The van der Waals surface area contributed by atoms with Gasteiger partial charge in [0.1, 0.15) is 0 Å². The van der Waals surface area contributed by atoms with Crippen LogP contribution in [0.3, 0.4) is 0 Å². The number of thiophene rings is 1. The quantitative estimate of drug-likeness (QED) is 0.727. The Bertz CT molecular complexity index is 537. The minimum absolute atomic E-state index is 0.431. The zero-order valence-electron chi connectivity index (χ0n) is 7.02. The summed E-state index contributed by atoms with van der Waals surface area (Å²) in [5, 5.41) is 2.90. The van der Waals surface area contributed by atoms with E-state index >= 15 is 0 Å². The summed E-state index contributed by atoms with van der Waals surface area (Å²) in [4.78, 5) is 0.431. The van der Waals surface area contributed by atoms with Crippen molar-refractivity contribution in [3.63, 3.8) is 0 Å². The van der Waals surface area contributed by atoms with E-state index in [-0.39, 0.29) is 0 Å². The highest BCUT2D eigenvalue weighted by atomic mass is 32.2. The maximum Gasteiger partial charge on any atom is 0.176 e. The van der Waals surface area contributed by atoms with Crippen LogP contribution < -0.4 is 0 Å². The molecule has 4 heteroatoms. The summed E-state index contributed by atoms with van der Waals surface area (Å²) in [5.74, 6) is 0. The summed E-state index contributed by atoms with van der Waals surface area (Å²) in [6.45, 7) is 0. The lowest BCUT2D eigenvalue weighted by Gasteiger charge is -1.98. The van der Waals surface area contributed by atoms with Crippen molar-refractivity contribution in [3.05, 3.63) is 29.6 Å². The third-order valence-corrected chi connectivity index (χ3v) is 4.07. The molecular weight excluding hydrogens is 204 g/mol. The van der Waals surface area contributed by atoms with Gasteiger partial charge in [-0.2, -0.15) is 0 Å². The molecule has 0 aliphatic rings. The second kappa shape index (κ2) is 2.82. The van der Waals surface area contributed by atoms with Crippen molar-refractivity contribution in [1.82, 2.24) is 0 Å². The van der Waals surface area contributed by atoms with E-state index in [0.29, 0.717) is 4.90 Å². The number of hydrogen-bond donors (Lipinski definition) is 0. The summed E-state index contributed by atoms with van der Waals surface area (Å²) in [6.07, 6.45) is 1.24. The van der Waals surface area contributed by atoms with Crippen molar-refractivity contribution in [3.8, 4) is 0 Å². The first kappa shape index (κ1) is 8.72. The minimum Gasteiger partial charge on any atom is -0.224 e. The Morgan fingerprint density at radius 2 is 2.00 bits per heavy atom. The van der Waals surface area contributed by atoms with Gasteiger partial charge in [-0.25, -0.2) is 8.42 Å². The molecule has 0 bridgehead atoms. The summed E-state index contributed by atoms with van der Waals surface area (Å²) >= 11 is 1.46. The van der Waals surface area contributed by atoms with Gasteiger partial charge in [-0.1, -0.05) is 12.1 Å². The van der Waals surface area contributed by atoms with Crippen LogP contribution in [0, 0.1) is 0 Å². The highest BCUT2D eigenvalue weighted by Gasteiger charge is 2.11. The second-order valence-corrected chi connectivity index (χ2v) is 5.77. The lowest BCUT2D eigenvalue weighted by atomic mass is 10.3. The molecule has 2 rings (SSSR count). The van der Waals surface area contributed by atoms with Crippen LogP contribution in [-0.2, 0) is 9.84 Å². The van der Waals surface area contributed by atoms with Gasteiger partial charge < -0.3 is 0 Å². The predicted molar refractivity (Wildman–Crippen MR) is 54.9 cm³/mol. The average molecular weight is 212 g/mol. The fourth-order valence-electron chi connectivity index (χ4n) is 1.26. The monoisotopic (exact) mass is 212 g/mol. The van der Waals surface area contributed by atoms with Gasteiger partial charge in [0.25, 0.3) is 0 Å². The highest BCUT2D eigenvalue weighted by molar-refractivity contribution is 7.91. The SMILES string of the molecule is CS(=O)(=O)c1cccc2ccsc12. The molecule has 0 N–H and O–H groups in total. The number of sulfone groups is 1. The van der Waals surface area contributed by atoms with Crippen molar-refractivity contribution in [1.29, 1.82) is 0 Å². The van der Waals surface area contributed by atoms with Gasteiger partial charge in [-0.3, -0.25) is 0 Å². The fourth-order valence-corrected chi connectivity index (χ4v) is 3.44. The number of hydrogen-bond acceptors (Lipinski definition) is 3. The third kappa shape index (κ3) is 1.47. The van der Waals surface area contributed by atoms with E-state index in [0.717, 1.165) is 10.1 Å². The largest absolute Gasteiger partial charge is 0.224 e. The van der Waals surface area contributed by atoms with E-state index in [4.69, 9.17) is 0 Å². The number of rotatable bonds is 1. The maximum absolute atomic E-state index is 11.4. The molecule has 0 radical (unpaired) electrons. The molecule has 2 nitrogen and oxygen atoms in total. The molecule has 13 heavy (non-hydrogen) atoms. The molecule has 1 aromatic carbocycles. The Kier molecular flexibility index (Phi) is 1.89. The zero-order valence-corrected chi connectivity index (χ0v) is 8.65. The predicted octanol–water partition coefficient (Wildman–Crippen LogP) is 2.30. The van der Waals surface area contributed by atoms with Gasteiger partial charge in [-0.05, 0) is 22.9 Å². The van der Waals surface area contributed by atoms with Gasteiger partial charge in [0.15, 0.2) is 9.84 Å². The zero-order chi connectivity index (χ0) is 9.47. The lowest BCUT2D eigenvalue weighted by molar-refractivity contribution is 0.603. The molecule has 0 saturated carbocycles. The van der Waals surface area contributed by atoms with Gasteiger partial charge in [0.2, 0.25) is 0 Å². The summed E-state index contributed by atoms with van der Waals surface area (Å²) in [6, 6.07) is 7.26. The molecule has 0 saturated heterocycles. The van der Waals surface area contributed by atoms with Crippen LogP contribution in [0.25, 0.3) is 10.1 Å². The first-order valence-corrected chi connectivity index (χ1v) is 6.52. The summed E-state index contributed by atoms with van der Waals surface area (Å²) < 4.78 is 23.6. The number of fused-ring (bicyclic) bond motifs is 1. The second-order valence-electron chi connectivity index (χ2n) is 2.87. The van der Waals surface area contributed by atoms with E-state index in [1.54, 1.807) is 12.1 Å². The Balaban J connectivity index is 2.91.